The summed E-state index contributed by atoms with van der Waals surface area (Å²) < 4.78 is 6.75. The molecule has 1 aliphatic heterocycles. The predicted octanol–water partition coefficient (Wildman–Crippen LogP) is 3.15. The number of allylic oxidation sites excluding steroid dienone is 3. The fourth-order valence-corrected chi connectivity index (χ4v) is 3.18. The van der Waals surface area contributed by atoms with Gasteiger partial charge in [-0.3, -0.25) is 10.1 Å². The molecule has 4 rings (SSSR count). The van der Waals surface area contributed by atoms with Crippen LogP contribution in [0.5, 0.6) is 5.75 Å². The average molecular weight is 389 g/mol. The van der Waals surface area contributed by atoms with Crippen molar-refractivity contribution in [2.45, 2.75) is 13.3 Å². The van der Waals surface area contributed by atoms with Crippen LogP contribution >= 0.6 is 0 Å². The highest BCUT2D eigenvalue weighted by atomic mass is 16.5. The van der Waals surface area contributed by atoms with E-state index in [1.165, 1.54) is 11.3 Å². The molecule has 1 aliphatic rings. The van der Waals surface area contributed by atoms with Crippen LogP contribution in [0.1, 0.15) is 18.1 Å². The molecule has 1 N–H and O–H groups in total. The van der Waals surface area contributed by atoms with E-state index in [-0.39, 0.29) is 18.3 Å². The van der Waals surface area contributed by atoms with E-state index in [1.54, 1.807) is 30.0 Å². The number of benzene rings is 1. The van der Waals surface area contributed by atoms with Crippen LogP contribution in [0.4, 0.5) is 5.95 Å². The van der Waals surface area contributed by atoms with E-state index in [4.69, 9.17) is 4.74 Å². The minimum absolute atomic E-state index is 0.158. The third-order valence-electron chi connectivity index (χ3n) is 4.99. The number of aromatic nitrogens is 3. The lowest BCUT2D eigenvalue weighted by Crippen LogP contribution is -2.18. The summed E-state index contributed by atoms with van der Waals surface area (Å²) in [4.78, 5) is 18.9. The molecule has 0 spiro atoms. The number of carbonyl (C=O) groups is 1. The fraction of sp³-hybridized carbons (Fsp3) is 0.227. The molecule has 0 radical (unpaired) electrons. The van der Waals surface area contributed by atoms with E-state index in [9.17, 15) is 4.79 Å². The summed E-state index contributed by atoms with van der Waals surface area (Å²) >= 11 is 0. The molecule has 0 aliphatic carbocycles. The van der Waals surface area contributed by atoms with Crippen molar-refractivity contribution in [2.75, 3.05) is 26.0 Å². The van der Waals surface area contributed by atoms with Crippen LogP contribution in [0.2, 0.25) is 0 Å². The normalized spacial score (nSPS) is 13.8. The molecule has 7 heteroatoms. The first-order valence-corrected chi connectivity index (χ1v) is 9.41. The summed E-state index contributed by atoms with van der Waals surface area (Å²) in [5.41, 5.74) is 5.17. The van der Waals surface area contributed by atoms with Crippen LogP contribution in [0.3, 0.4) is 0 Å². The number of hydrogen-bond acceptors (Lipinski definition) is 5. The van der Waals surface area contributed by atoms with Crippen molar-refractivity contribution in [3.63, 3.8) is 0 Å². The van der Waals surface area contributed by atoms with Crippen LogP contribution in [-0.2, 0) is 11.2 Å². The number of nitrogens with zero attached hydrogens (tertiary/aromatic N) is 4. The molecule has 3 aromatic rings. The Bertz CT molecular complexity index is 1110. The van der Waals surface area contributed by atoms with Gasteiger partial charge in [0.05, 0.1) is 19.7 Å². The second-order valence-corrected chi connectivity index (χ2v) is 7.05. The van der Waals surface area contributed by atoms with Gasteiger partial charge in [0.15, 0.2) is 5.65 Å². The number of pyridine rings is 1. The number of likely N-dealkylation sites (N-methyl/N-ethyl adjacent to an activating group) is 1. The van der Waals surface area contributed by atoms with E-state index in [0.717, 1.165) is 17.7 Å². The van der Waals surface area contributed by atoms with Crippen molar-refractivity contribution < 1.29 is 9.53 Å². The molecule has 0 unspecified atom stereocenters. The van der Waals surface area contributed by atoms with Crippen LogP contribution in [-0.4, -0.2) is 46.1 Å². The van der Waals surface area contributed by atoms with Crippen molar-refractivity contribution in [1.29, 1.82) is 0 Å². The van der Waals surface area contributed by atoms with Gasteiger partial charge in [-0.2, -0.15) is 4.98 Å². The summed E-state index contributed by atoms with van der Waals surface area (Å²) in [6.45, 7) is 3.01. The molecule has 29 heavy (non-hydrogen) atoms. The Labute approximate surface area is 169 Å². The number of hydrogen-bond donors (Lipinski definition) is 1. The summed E-state index contributed by atoms with van der Waals surface area (Å²) in [6.07, 6.45) is 6.36. The lowest BCUT2D eigenvalue weighted by Gasteiger charge is -2.23. The summed E-state index contributed by atoms with van der Waals surface area (Å²) in [5.74, 6) is 0.789. The first kappa shape index (κ1) is 18.7. The minimum Gasteiger partial charge on any atom is -0.495 e. The Morgan fingerprint density at radius 1 is 1.21 bits per heavy atom. The Morgan fingerprint density at radius 3 is 2.72 bits per heavy atom. The van der Waals surface area contributed by atoms with Crippen LogP contribution in [0.15, 0.2) is 60.4 Å². The highest BCUT2D eigenvalue weighted by Crippen LogP contribution is 2.23. The predicted molar refractivity (Wildman–Crippen MR) is 113 cm³/mol. The van der Waals surface area contributed by atoms with E-state index >= 15 is 0 Å². The molecule has 0 bridgehead atoms. The third-order valence-corrected chi connectivity index (χ3v) is 4.99. The van der Waals surface area contributed by atoms with Crippen LogP contribution in [0.25, 0.3) is 11.2 Å². The van der Waals surface area contributed by atoms with Crippen molar-refractivity contribution in [3.05, 3.63) is 71.6 Å². The van der Waals surface area contributed by atoms with Crippen LogP contribution < -0.4 is 10.1 Å². The molecule has 1 amide bonds. The second-order valence-electron chi connectivity index (χ2n) is 7.05. The Kier molecular flexibility index (Phi) is 5.03. The zero-order chi connectivity index (χ0) is 20.4. The summed E-state index contributed by atoms with van der Waals surface area (Å²) in [6, 6.07) is 11.7. The summed E-state index contributed by atoms with van der Waals surface area (Å²) in [7, 11) is 3.67. The van der Waals surface area contributed by atoms with Gasteiger partial charge in [-0.1, -0.05) is 30.3 Å². The smallest absolute Gasteiger partial charge is 0.249 e. The molecule has 0 saturated carbocycles. The van der Waals surface area contributed by atoms with Crippen molar-refractivity contribution in [3.8, 4) is 5.75 Å². The molecule has 0 atom stereocenters. The topological polar surface area (TPSA) is 71.8 Å². The molecular weight excluding hydrogens is 366 g/mol. The number of carbonyl (C=O) groups excluding carboxylic acids is 1. The van der Waals surface area contributed by atoms with Crippen molar-refractivity contribution >= 4 is 23.1 Å². The molecule has 1 aromatic carbocycles. The highest BCUT2D eigenvalue weighted by molar-refractivity contribution is 5.91. The van der Waals surface area contributed by atoms with Gasteiger partial charge in [0.1, 0.15) is 5.75 Å². The zero-order valence-corrected chi connectivity index (χ0v) is 16.7. The molecule has 3 heterocycles. The second kappa shape index (κ2) is 7.79. The number of rotatable bonds is 5. The number of amides is 1. The maximum atomic E-state index is 12.4. The average Bonchev–Trinajstić information content (AvgIpc) is 3.11. The number of methoxy groups -OCH3 is 1. The Hall–Kier alpha value is -3.61. The molecule has 0 saturated heterocycles. The molecule has 148 valence electrons. The third kappa shape index (κ3) is 4.13. The van der Waals surface area contributed by atoms with Gasteiger partial charge >= 0.3 is 0 Å². The fourth-order valence-electron chi connectivity index (χ4n) is 3.18. The number of fused-ring (bicyclic) bond motifs is 1. The lowest BCUT2D eigenvalue weighted by atomic mass is 10.00. The van der Waals surface area contributed by atoms with E-state index in [1.807, 2.05) is 12.1 Å². The van der Waals surface area contributed by atoms with E-state index < -0.39 is 0 Å². The molecule has 7 nitrogen and oxygen atoms in total. The number of nitrogens with one attached hydrogen (secondary N) is 1. The minimum atomic E-state index is -0.158. The monoisotopic (exact) mass is 389 g/mol. The van der Waals surface area contributed by atoms with Gasteiger partial charge in [-0.15, -0.1) is 5.10 Å². The molecule has 0 fully saturated rings. The van der Waals surface area contributed by atoms with Gasteiger partial charge in [0.2, 0.25) is 11.9 Å². The van der Waals surface area contributed by atoms with E-state index in [0.29, 0.717) is 11.4 Å². The summed E-state index contributed by atoms with van der Waals surface area (Å²) in [5, 5.41) is 7.02. The van der Waals surface area contributed by atoms with Gasteiger partial charge in [0.25, 0.3) is 0 Å². The maximum Gasteiger partial charge on any atom is 0.249 e. The first-order chi connectivity index (χ1) is 14.0. The Balaban J connectivity index is 1.41. The Morgan fingerprint density at radius 2 is 2.00 bits per heavy atom. The first-order valence-electron chi connectivity index (χ1n) is 9.41. The molecule has 2 aromatic heterocycles. The lowest BCUT2D eigenvalue weighted by molar-refractivity contribution is -0.115. The van der Waals surface area contributed by atoms with Crippen LogP contribution in [0, 0.1) is 0 Å². The van der Waals surface area contributed by atoms with Gasteiger partial charge < -0.3 is 9.64 Å². The number of ether oxygens (including phenoxy) is 1. The van der Waals surface area contributed by atoms with Crippen molar-refractivity contribution in [2.24, 2.45) is 0 Å². The largest absolute Gasteiger partial charge is 0.495 e. The molecular formula is C22H23N5O2. The standard InChI is InChI=1S/C22H23N5O2/c1-15-12-18(10-11-26(15)2)17-6-4-16(5-7-17)13-21(28)24-22-23-20-9-8-19(29-3)14-27(20)25-22/h4-10,12,14H,11,13H2,1-3H3,(H,24,25,28). The number of anilines is 1. The van der Waals surface area contributed by atoms with Crippen molar-refractivity contribution in [1.82, 2.24) is 19.5 Å². The zero-order valence-electron chi connectivity index (χ0n) is 16.7. The van der Waals surface area contributed by atoms with Gasteiger partial charge in [-0.05, 0) is 41.8 Å². The van der Waals surface area contributed by atoms with E-state index in [2.05, 4.69) is 58.6 Å². The highest BCUT2D eigenvalue weighted by Gasteiger charge is 2.11. The maximum absolute atomic E-state index is 12.4. The quantitative estimate of drug-likeness (QED) is 0.726. The SMILES string of the molecule is COc1ccc2nc(NC(=O)Cc3ccc(C4=CCN(C)C(C)=C4)cc3)nn2c1. The van der Waals surface area contributed by atoms with Gasteiger partial charge in [0, 0.05) is 19.3 Å². The van der Waals surface area contributed by atoms with Gasteiger partial charge in [-0.25, -0.2) is 4.52 Å².